The predicted molar refractivity (Wildman–Crippen MR) is 107 cm³/mol. The van der Waals surface area contributed by atoms with Crippen molar-refractivity contribution in [1.29, 1.82) is 10.8 Å². The number of hydrogen-bond donors (Lipinski definition) is 3. The van der Waals surface area contributed by atoms with Crippen LogP contribution in [0.5, 0.6) is 0 Å². The summed E-state index contributed by atoms with van der Waals surface area (Å²) in [5, 5.41) is 22.1. The monoisotopic (exact) mass is 354 g/mol. The van der Waals surface area contributed by atoms with Crippen molar-refractivity contribution in [3.05, 3.63) is 84.0 Å². The van der Waals surface area contributed by atoms with Crippen LogP contribution < -0.4 is 11.2 Å². The summed E-state index contributed by atoms with van der Waals surface area (Å²) >= 11 is 0. The van der Waals surface area contributed by atoms with Crippen molar-refractivity contribution in [3.8, 4) is 11.3 Å². The molecule has 0 bridgehead atoms. The van der Waals surface area contributed by atoms with Crippen molar-refractivity contribution in [2.24, 2.45) is 0 Å². The van der Waals surface area contributed by atoms with Crippen LogP contribution in [0.15, 0.2) is 72.9 Å². The maximum Gasteiger partial charge on any atom is 0.148 e. The number of nitrogens with zero attached hydrogens (tertiary/aromatic N) is 3. The number of nitrogen functional groups attached to an aromatic ring is 1. The molecule has 0 saturated carbocycles. The van der Waals surface area contributed by atoms with Crippen molar-refractivity contribution in [2.75, 3.05) is 5.73 Å². The summed E-state index contributed by atoms with van der Waals surface area (Å²) in [6, 6.07) is 20.6. The van der Waals surface area contributed by atoms with Crippen LogP contribution in [-0.4, -0.2) is 20.6 Å². The van der Waals surface area contributed by atoms with Gasteiger partial charge < -0.3 is 5.73 Å². The minimum absolute atomic E-state index is 0.168. The molecular weight excluding hydrogens is 336 g/mol. The molecular formula is C21H18N6. The number of anilines is 1. The van der Waals surface area contributed by atoms with Gasteiger partial charge in [-0.2, -0.15) is 5.10 Å². The SMILES string of the molecule is N=C(Cc1ccc2ncccc2c1)n1nc(-c2ccc(N)cc2)ccc1=N. The Kier molecular flexibility index (Phi) is 4.22. The van der Waals surface area contributed by atoms with Gasteiger partial charge in [-0.15, -0.1) is 0 Å². The van der Waals surface area contributed by atoms with Crippen LogP contribution >= 0.6 is 0 Å². The van der Waals surface area contributed by atoms with E-state index in [2.05, 4.69) is 10.1 Å². The quantitative estimate of drug-likeness (QED) is 0.299. The number of aromatic nitrogens is 3. The Morgan fingerprint density at radius 1 is 1.00 bits per heavy atom. The number of nitrogens with two attached hydrogens (primary N) is 1. The summed E-state index contributed by atoms with van der Waals surface area (Å²) < 4.78 is 1.36. The van der Waals surface area contributed by atoms with Gasteiger partial charge >= 0.3 is 0 Å². The highest BCUT2D eigenvalue weighted by Gasteiger charge is 2.08. The van der Waals surface area contributed by atoms with E-state index in [-0.39, 0.29) is 11.3 Å². The second-order valence-corrected chi connectivity index (χ2v) is 6.29. The van der Waals surface area contributed by atoms with Crippen LogP contribution in [0.25, 0.3) is 22.2 Å². The first-order valence-corrected chi connectivity index (χ1v) is 8.52. The molecule has 0 saturated heterocycles. The van der Waals surface area contributed by atoms with Crippen LogP contribution in [0, 0.1) is 10.8 Å². The minimum atomic E-state index is 0.168. The van der Waals surface area contributed by atoms with Gasteiger partial charge in [-0.05, 0) is 48.0 Å². The van der Waals surface area contributed by atoms with Gasteiger partial charge in [0.15, 0.2) is 0 Å². The van der Waals surface area contributed by atoms with Crippen LogP contribution in [0.1, 0.15) is 5.56 Å². The molecule has 132 valence electrons. The van der Waals surface area contributed by atoms with Crippen molar-refractivity contribution < 1.29 is 0 Å². The summed E-state index contributed by atoms with van der Waals surface area (Å²) in [4.78, 5) is 4.31. The number of fused-ring (bicyclic) bond motifs is 1. The predicted octanol–water partition coefficient (Wildman–Crippen LogP) is 3.23. The van der Waals surface area contributed by atoms with Gasteiger partial charge in [0.1, 0.15) is 11.3 Å². The van der Waals surface area contributed by atoms with Gasteiger partial charge in [-0.3, -0.25) is 15.8 Å². The van der Waals surface area contributed by atoms with Gasteiger partial charge in [-0.25, -0.2) is 4.68 Å². The molecule has 0 radical (unpaired) electrons. The molecule has 0 spiro atoms. The lowest BCUT2D eigenvalue weighted by Gasteiger charge is -2.10. The van der Waals surface area contributed by atoms with E-state index in [0.29, 0.717) is 17.8 Å². The Hall–Kier alpha value is -3.80. The zero-order valence-corrected chi connectivity index (χ0v) is 14.6. The molecule has 0 atom stereocenters. The van der Waals surface area contributed by atoms with Gasteiger partial charge in [-0.1, -0.05) is 24.3 Å². The largest absolute Gasteiger partial charge is 0.399 e. The Balaban J connectivity index is 1.65. The summed E-state index contributed by atoms with van der Waals surface area (Å²) in [6.45, 7) is 0. The molecule has 2 aromatic carbocycles. The van der Waals surface area contributed by atoms with E-state index in [1.54, 1.807) is 18.3 Å². The third kappa shape index (κ3) is 3.46. The van der Waals surface area contributed by atoms with E-state index in [9.17, 15) is 0 Å². The molecule has 0 amide bonds. The first-order valence-electron chi connectivity index (χ1n) is 8.52. The maximum absolute atomic E-state index is 8.45. The number of pyridine rings is 1. The molecule has 0 unspecified atom stereocenters. The lowest BCUT2D eigenvalue weighted by Crippen LogP contribution is -2.30. The van der Waals surface area contributed by atoms with E-state index in [1.807, 2.05) is 54.6 Å². The topological polar surface area (TPSA) is 104 Å². The van der Waals surface area contributed by atoms with E-state index < -0.39 is 0 Å². The van der Waals surface area contributed by atoms with E-state index in [1.165, 1.54) is 4.68 Å². The third-order valence-electron chi connectivity index (χ3n) is 4.34. The van der Waals surface area contributed by atoms with Gasteiger partial charge in [0.05, 0.1) is 11.2 Å². The fourth-order valence-corrected chi connectivity index (χ4v) is 2.94. The molecule has 6 heteroatoms. The number of hydrogen-bond acceptors (Lipinski definition) is 5. The molecule has 0 aliphatic rings. The first kappa shape index (κ1) is 16.7. The van der Waals surface area contributed by atoms with Crippen molar-refractivity contribution in [3.63, 3.8) is 0 Å². The smallest absolute Gasteiger partial charge is 0.148 e. The average molecular weight is 354 g/mol. The van der Waals surface area contributed by atoms with E-state index >= 15 is 0 Å². The van der Waals surface area contributed by atoms with E-state index in [4.69, 9.17) is 16.6 Å². The van der Waals surface area contributed by atoms with Crippen LogP contribution in [0.3, 0.4) is 0 Å². The molecule has 6 nitrogen and oxygen atoms in total. The van der Waals surface area contributed by atoms with Gasteiger partial charge in [0, 0.05) is 29.3 Å². The van der Waals surface area contributed by atoms with Crippen LogP contribution in [0.2, 0.25) is 0 Å². The summed E-state index contributed by atoms with van der Waals surface area (Å²) in [5.41, 5.74) is 10.1. The Morgan fingerprint density at radius 2 is 1.81 bits per heavy atom. The second kappa shape index (κ2) is 6.84. The highest BCUT2D eigenvalue weighted by atomic mass is 15.3. The molecule has 4 aromatic rings. The fraction of sp³-hybridized carbons (Fsp3) is 0.0476. The van der Waals surface area contributed by atoms with Crippen molar-refractivity contribution in [2.45, 2.75) is 6.42 Å². The fourth-order valence-electron chi connectivity index (χ4n) is 2.94. The number of rotatable bonds is 3. The third-order valence-corrected chi connectivity index (χ3v) is 4.34. The Bertz CT molecular complexity index is 1190. The first-order chi connectivity index (χ1) is 13.1. The standard InChI is InChI=1S/C21H18N6/c22-17-6-4-15(5-7-17)19-9-10-20(23)27(26-19)21(24)13-14-3-8-18-16(12-14)2-1-11-25-18/h1-12,23-24H,13,22H2. The van der Waals surface area contributed by atoms with E-state index in [0.717, 1.165) is 22.0 Å². The maximum atomic E-state index is 8.45. The molecule has 2 heterocycles. The Morgan fingerprint density at radius 3 is 2.63 bits per heavy atom. The molecule has 0 aliphatic carbocycles. The normalized spacial score (nSPS) is 10.8. The highest BCUT2D eigenvalue weighted by Crippen LogP contribution is 2.17. The summed E-state index contributed by atoms with van der Waals surface area (Å²) in [6.07, 6.45) is 2.14. The minimum Gasteiger partial charge on any atom is -0.399 e. The molecule has 2 aromatic heterocycles. The molecule has 27 heavy (non-hydrogen) atoms. The van der Waals surface area contributed by atoms with Crippen molar-refractivity contribution in [1.82, 2.24) is 14.8 Å². The molecule has 0 aliphatic heterocycles. The lowest BCUT2D eigenvalue weighted by molar-refractivity contribution is 0.800. The zero-order valence-electron chi connectivity index (χ0n) is 14.6. The molecule has 4 N–H and O–H groups in total. The van der Waals surface area contributed by atoms with Gasteiger partial charge in [0.25, 0.3) is 0 Å². The van der Waals surface area contributed by atoms with Crippen LogP contribution in [-0.2, 0) is 6.42 Å². The zero-order chi connectivity index (χ0) is 18.8. The van der Waals surface area contributed by atoms with Crippen molar-refractivity contribution >= 4 is 22.4 Å². The number of nitrogens with one attached hydrogen (secondary N) is 2. The highest BCUT2D eigenvalue weighted by molar-refractivity contribution is 5.85. The van der Waals surface area contributed by atoms with Crippen LogP contribution in [0.4, 0.5) is 5.69 Å². The second-order valence-electron chi connectivity index (χ2n) is 6.29. The number of benzene rings is 2. The Labute approximate surface area is 156 Å². The molecule has 4 rings (SSSR count). The lowest BCUT2D eigenvalue weighted by atomic mass is 10.1. The summed E-state index contributed by atoms with van der Waals surface area (Å²) in [5.74, 6) is 0.237. The average Bonchev–Trinajstić information content (AvgIpc) is 2.69. The molecule has 0 fully saturated rings. The van der Waals surface area contributed by atoms with Gasteiger partial charge in [0.2, 0.25) is 0 Å². The summed E-state index contributed by atoms with van der Waals surface area (Å²) in [7, 11) is 0.